The third-order valence-corrected chi connectivity index (χ3v) is 5.25. The minimum Gasteiger partial charge on any atom is -0.364 e. The lowest BCUT2D eigenvalue weighted by Crippen LogP contribution is -2.38. The van der Waals surface area contributed by atoms with Crippen molar-refractivity contribution in [2.75, 3.05) is 19.6 Å². The van der Waals surface area contributed by atoms with Crippen molar-refractivity contribution in [3.63, 3.8) is 0 Å². The monoisotopic (exact) mass is 376 g/mol. The number of nitrogens with one attached hydrogen (secondary N) is 1. The van der Waals surface area contributed by atoms with E-state index in [9.17, 15) is 4.79 Å². The maximum absolute atomic E-state index is 11.9. The zero-order valence-corrected chi connectivity index (χ0v) is 15.8. The van der Waals surface area contributed by atoms with Crippen LogP contribution in [0.15, 0.2) is 65.5 Å². The Kier molecular flexibility index (Phi) is 5.77. The number of nitrogens with zero attached hydrogens (tertiary/aromatic N) is 3. The van der Waals surface area contributed by atoms with Crippen LogP contribution in [0.4, 0.5) is 0 Å². The average molecular weight is 376 g/mol. The van der Waals surface area contributed by atoms with E-state index in [0.29, 0.717) is 18.2 Å². The molecule has 0 spiro atoms. The molecule has 0 radical (unpaired) electrons. The third kappa shape index (κ3) is 4.64. The van der Waals surface area contributed by atoms with Crippen LogP contribution in [0.1, 0.15) is 28.9 Å². The number of carbonyl (C=O) groups is 1. The Morgan fingerprint density at radius 1 is 1.11 bits per heavy atom. The van der Waals surface area contributed by atoms with Crippen molar-refractivity contribution in [3.05, 3.63) is 72.2 Å². The van der Waals surface area contributed by atoms with Crippen LogP contribution in [0.3, 0.4) is 0 Å². The van der Waals surface area contributed by atoms with Crippen LogP contribution in [0.2, 0.25) is 0 Å². The number of likely N-dealkylation sites (tertiary alicyclic amines) is 1. The number of piperidine rings is 1. The van der Waals surface area contributed by atoms with Crippen LogP contribution in [0, 0.1) is 5.92 Å². The smallest absolute Gasteiger partial charge is 0.273 e. The second kappa shape index (κ2) is 8.80. The van der Waals surface area contributed by atoms with E-state index in [1.54, 1.807) is 6.07 Å². The highest BCUT2D eigenvalue weighted by molar-refractivity contribution is 5.91. The highest BCUT2D eigenvalue weighted by Crippen LogP contribution is 2.21. The number of rotatable bonds is 6. The number of benzene rings is 1. The molecule has 4 rings (SSSR count). The van der Waals surface area contributed by atoms with Gasteiger partial charge in [-0.3, -0.25) is 14.7 Å². The zero-order chi connectivity index (χ0) is 19.2. The van der Waals surface area contributed by atoms with Gasteiger partial charge in [-0.05, 0) is 49.5 Å². The van der Waals surface area contributed by atoms with E-state index in [1.807, 2.05) is 24.4 Å². The Morgan fingerprint density at radius 2 is 1.93 bits per heavy atom. The van der Waals surface area contributed by atoms with Crippen molar-refractivity contribution < 1.29 is 9.32 Å². The summed E-state index contributed by atoms with van der Waals surface area (Å²) in [6.45, 7) is 3.75. The molecule has 3 heterocycles. The van der Waals surface area contributed by atoms with Crippen molar-refractivity contribution in [2.24, 2.45) is 5.92 Å². The second-order valence-corrected chi connectivity index (χ2v) is 7.23. The second-order valence-electron chi connectivity index (χ2n) is 7.23. The van der Waals surface area contributed by atoms with Crippen molar-refractivity contribution in [3.8, 4) is 11.3 Å². The standard InChI is InChI=1S/C22H24N4O2/c27-22(21-10-14-28-25-21)24-15-17-8-12-26(13-9-17)16-18-4-6-19(7-5-18)20-3-1-2-11-23-20/h1-7,10-11,14,17H,8-9,12-13,15-16H2,(H,24,27). The van der Waals surface area contributed by atoms with Gasteiger partial charge in [0.1, 0.15) is 6.26 Å². The van der Waals surface area contributed by atoms with Crippen LogP contribution in [0.25, 0.3) is 11.3 Å². The van der Waals surface area contributed by atoms with Crippen LogP contribution in [0.5, 0.6) is 0 Å². The molecule has 1 fully saturated rings. The molecule has 0 aliphatic carbocycles. The molecular formula is C22H24N4O2. The number of aromatic nitrogens is 2. The van der Waals surface area contributed by atoms with Gasteiger partial charge in [0.05, 0.1) is 5.69 Å². The van der Waals surface area contributed by atoms with E-state index in [1.165, 1.54) is 11.8 Å². The largest absolute Gasteiger partial charge is 0.364 e. The summed E-state index contributed by atoms with van der Waals surface area (Å²) in [5, 5.41) is 6.62. The fourth-order valence-corrected chi connectivity index (χ4v) is 3.58. The normalized spacial score (nSPS) is 15.4. The number of carbonyl (C=O) groups excluding carboxylic acids is 1. The van der Waals surface area contributed by atoms with E-state index in [2.05, 4.69) is 44.6 Å². The molecule has 2 aromatic heterocycles. The maximum Gasteiger partial charge on any atom is 0.273 e. The number of pyridine rings is 1. The Hall–Kier alpha value is -2.99. The summed E-state index contributed by atoms with van der Waals surface area (Å²) < 4.78 is 4.71. The molecular weight excluding hydrogens is 352 g/mol. The van der Waals surface area contributed by atoms with Crippen LogP contribution >= 0.6 is 0 Å². The lowest BCUT2D eigenvalue weighted by molar-refractivity contribution is 0.0926. The summed E-state index contributed by atoms with van der Waals surface area (Å²) in [5.41, 5.74) is 3.80. The van der Waals surface area contributed by atoms with Crippen molar-refractivity contribution >= 4 is 5.91 Å². The fourth-order valence-electron chi connectivity index (χ4n) is 3.58. The van der Waals surface area contributed by atoms with Crippen molar-refractivity contribution in [1.29, 1.82) is 0 Å². The quantitative estimate of drug-likeness (QED) is 0.714. The number of amides is 1. The number of hydrogen-bond donors (Lipinski definition) is 1. The minimum absolute atomic E-state index is 0.163. The summed E-state index contributed by atoms with van der Waals surface area (Å²) in [4.78, 5) is 18.8. The molecule has 1 saturated heterocycles. The Morgan fingerprint density at radius 3 is 2.61 bits per heavy atom. The predicted molar refractivity (Wildman–Crippen MR) is 107 cm³/mol. The summed E-state index contributed by atoms with van der Waals surface area (Å²) in [7, 11) is 0. The van der Waals surface area contributed by atoms with Gasteiger partial charge in [0.15, 0.2) is 5.69 Å². The first-order chi connectivity index (χ1) is 13.8. The molecule has 3 aromatic rings. The first kappa shape index (κ1) is 18.4. The summed E-state index contributed by atoms with van der Waals surface area (Å²) >= 11 is 0. The van der Waals surface area contributed by atoms with Gasteiger partial charge in [-0.2, -0.15) is 0 Å². The third-order valence-electron chi connectivity index (χ3n) is 5.25. The van der Waals surface area contributed by atoms with Gasteiger partial charge in [-0.1, -0.05) is 35.5 Å². The van der Waals surface area contributed by atoms with E-state index in [0.717, 1.165) is 43.7 Å². The molecule has 28 heavy (non-hydrogen) atoms. The molecule has 1 aromatic carbocycles. The molecule has 144 valence electrons. The molecule has 1 N–H and O–H groups in total. The Bertz CT molecular complexity index is 871. The molecule has 0 atom stereocenters. The minimum atomic E-state index is -0.163. The molecule has 0 unspecified atom stereocenters. The average Bonchev–Trinajstić information content (AvgIpc) is 3.29. The summed E-state index contributed by atoms with van der Waals surface area (Å²) in [6.07, 6.45) is 5.41. The van der Waals surface area contributed by atoms with Gasteiger partial charge >= 0.3 is 0 Å². The number of hydrogen-bond acceptors (Lipinski definition) is 5. The van der Waals surface area contributed by atoms with Crippen LogP contribution in [-0.4, -0.2) is 40.6 Å². The molecule has 1 amide bonds. The Labute approximate surface area is 164 Å². The van der Waals surface area contributed by atoms with Crippen LogP contribution < -0.4 is 5.32 Å². The lowest BCUT2D eigenvalue weighted by atomic mass is 9.96. The SMILES string of the molecule is O=C(NCC1CCN(Cc2ccc(-c3ccccn3)cc2)CC1)c1ccon1. The molecule has 0 saturated carbocycles. The molecule has 1 aliphatic heterocycles. The van der Waals surface area contributed by atoms with Gasteiger partial charge in [0.2, 0.25) is 0 Å². The Balaban J connectivity index is 1.23. The summed E-state index contributed by atoms with van der Waals surface area (Å²) in [6, 6.07) is 16.2. The molecule has 6 nitrogen and oxygen atoms in total. The van der Waals surface area contributed by atoms with Gasteiger partial charge in [0.25, 0.3) is 5.91 Å². The summed E-state index contributed by atoms with van der Waals surface area (Å²) in [5.74, 6) is 0.350. The lowest BCUT2D eigenvalue weighted by Gasteiger charge is -2.32. The van der Waals surface area contributed by atoms with Crippen LogP contribution in [-0.2, 0) is 6.54 Å². The highest BCUT2D eigenvalue weighted by atomic mass is 16.5. The van der Waals surface area contributed by atoms with Gasteiger partial charge < -0.3 is 9.84 Å². The zero-order valence-electron chi connectivity index (χ0n) is 15.8. The molecule has 6 heteroatoms. The first-order valence-corrected chi connectivity index (χ1v) is 9.69. The van der Waals surface area contributed by atoms with E-state index in [4.69, 9.17) is 4.52 Å². The van der Waals surface area contributed by atoms with Crippen molar-refractivity contribution in [2.45, 2.75) is 19.4 Å². The maximum atomic E-state index is 11.9. The van der Waals surface area contributed by atoms with E-state index < -0.39 is 0 Å². The van der Waals surface area contributed by atoms with E-state index in [-0.39, 0.29) is 5.91 Å². The highest BCUT2D eigenvalue weighted by Gasteiger charge is 2.20. The molecule has 0 bridgehead atoms. The van der Waals surface area contributed by atoms with Crippen molar-refractivity contribution in [1.82, 2.24) is 20.4 Å². The molecule has 1 aliphatic rings. The fraction of sp³-hybridized carbons (Fsp3) is 0.318. The first-order valence-electron chi connectivity index (χ1n) is 9.69. The van der Waals surface area contributed by atoms with E-state index >= 15 is 0 Å². The van der Waals surface area contributed by atoms with Gasteiger partial charge in [-0.25, -0.2) is 0 Å². The van der Waals surface area contributed by atoms with Gasteiger partial charge in [0, 0.05) is 30.9 Å². The predicted octanol–water partition coefficient (Wildman–Crippen LogP) is 3.38. The topological polar surface area (TPSA) is 71.3 Å². The van der Waals surface area contributed by atoms with Gasteiger partial charge in [-0.15, -0.1) is 0 Å².